The van der Waals surface area contributed by atoms with Crippen LogP contribution in [0.25, 0.3) is 0 Å². The van der Waals surface area contributed by atoms with Crippen molar-refractivity contribution in [3.05, 3.63) is 29.8 Å². The van der Waals surface area contributed by atoms with Crippen molar-refractivity contribution >= 4 is 17.7 Å². The van der Waals surface area contributed by atoms with Crippen molar-refractivity contribution in [2.24, 2.45) is 0 Å². The van der Waals surface area contributed by atoms with E-state index in [0.29, 0.717) is 12.3 Å². The van der Waals surface area contributed by atoms with Crippen LogP contribution in [0.2, 0.25) is 0 Å². The first-order valence-electron chi connectivity index (χ1n) is 7.10. The average Bonchev–Trinajstić information content (AvgIpc) is 2.36. The van der Waals surface area contributed by atoms with E-state index >= 15 is 0 Å². The zero-order valence-corrected chi connectivity index (χ0v) is 13.1. The SMILES string of the molecule is CC(C)c1cccc(NC(=O)NC(C)(C)CCC(=O)O)c1. The fourth-order valence-electron chi connectivity index (χ4n) is 1.93. The van der Waals surface area contributed by atoms with Crippen LogP contribution >= 0.6 is 0 Å². The standard InChI is InChI=1S/C16H24N2O3/c1-11(2)12-6-5-7-13(10-12)17-15(21)18-16(3,4)9-8-14(19)20/h5-7,10-11H,8-9H2,1-4H3,(H,19,20)(H2,17,18,21). The Balaban J connectivity index is 2.60. The number of aliphatic carboxylic acids is 1. The first-order chi connectivity index (χ1) is 9.69. The molecule has 0 unspecified atom stereocenters. The molecule has 116 valence electrons. The molecular formula is C16H24N2O3. The molecule has 0 fully saturated rings. The minimum Gasteiger partial charge on any atom is -0.481 e. The van der Waals surface area contributed by atoms with Gasteiger partial charge in [-0.3, -0.25) is 4.79 Å². The van der Waals surface area contributed by atoms with Gasteiger partial charge in [-0.05, 0) is 43.9 Å². The number of carbonyl (C=O) groups excluding carboxylic acids is 1. The van der Waals surface area contributed by atoms with Crippen LogP contribution in [0.5, 0.6) is 0 Å². The topological polar surface area (TPSA) is 78.4 Å². The summed E-state index contributed by atoms with van der Waals surface area (Å²) < 4.78 is 0. The molecule has 3 N–H and O–H groups in total. The molecule has 0 aromatic heterocycles. The summed E-state index contributed by atoms with van der Waals surface area (Å²) in [5.41, 5.74) is 1.31. The van der Waals surface area contributed by atoms with Gasteiger partial charge in [0.05, 0.1) is 0 Å². The maximum absolute atomic E-state index is 12.0. The first-order valence-corrected chi connectivity index (χ1v) is 7.10. The molecule has 21 heavy (non-hydrogen) atoms. The van der Waals surface area contributed by atoms with E-state index in [1.165, 1.54) is 0 Å². The van der Waals surface area contributed by atoms with Crippen LogP contribution in [-0.4, -0.2) is 22.6 Å². The van der Waals surface area contributed by atoms with E-state index in [1.807, 2.05) is 24.3 Å². The van der Waals surface area contributed by atoms with E-state index in [4.69, 9.17) is 5.11 Å². The highest BCUT2D eigenvalue weighted by molar-refractivity contribution is 5.89. The van der Waals surface area contributed by atoms with E-state index in [0.717, 1.165) is 11.3 Å². The van der Waals surface area contributed by atoms with Gasteiger partial charge in [0.15, 0.2) is 0 Å². The minimum atomic E-state index is -0.866. The number of benzene rings is 1. The molecule has 0 aliphatic heterocycles. The summed E-state index contributed by atoms with van der Waals surface area (Å²) in [7, 11) is 0. The van der Waals surface area contributed by atoms with Gasteiger partial charge in [-0.25, -0.2) is 4.79 Å². The molecule has 1 aromatic rings. The first kappa shape index (κ1) is 17.0. The second kappa shape index (κ2) is 7.11. The smallest absolute Gasteiger partial charge is 0.319 e. The Hall–Kier alpha value is -2.04. The number of hydrogen-bond acceptors (Lipinski definition) is 2. The third-order valence-corrected chi connectivity index (χ3v) is 3.23. The molecule has 0 spiro atoms. The third-order valence-electron chi connectivity index (χ3n) is 3.23. The lowest BCUT2D eigenvalue weighted by Gasteiger charge is -2.25. The normalized spacial score (nSPS) is 11.3. The van der Waals surface area contributed by atoms with Crippen molar-refractivity contribution in [1.82, 2.24) is 5.32 Å². The van der Waals surface area contributed by atoms with Crippen LogP contribution in [0.15, 0.2) is 24.3 Å². The van der Waals surface area contributed by atoms with Crippen LogP contribution in [-0.2, 0) is 4.79 Å². The maximum Gasteiger partial charge on any atom is 0.319 e. The molecule has 0 aliphatic carbocycles. The number of carboxylic acid groups (broad SMARTS) is 1. The second-order valence-electron chi connectivity index (χ2n) is 6.14. The average molecular weight is 292 g/mol. The predicted octanol–water partition coefficient (Wildman–Crippen LogP) is 3.57. The number of hydrogen-bond donors (Lipinski definition) is 3. The molecule has 1 rings (SSSR count). The van der Waals surface area contributed by atoms with E-state index in [2.05, 4.69) is 24.5 Å². The van der Waals surface area contributed by atoms with Crippen molar-refractivity contribution < 1.29 is 14.7 Å². The van der Waals surface area contributed by atoms with Crippen LogP contribution in [0.1, 0.15) is 52.0 Å². The molecule has 1 aromatic carbocycles. The lowest BCUT2D eigenvalue weighted by Crippen LogP contribution is -2.45. The molecule has 5 heteroatoms. The Kier molecular flexibility index (Phi) is 5.76. The summed E-state index contributed by atoms with van der Waals surface area (Å²) in [6.07, 6.45) is 0.401. The van der Waals surface area contributed by atoms with Gasteiger partial charge in [0.2, 0.25) is 0 Å². The highest BCUT2D eigenvalue weighted by Gasteiger charge is 2.21. The summed E-state index contributed by atoms with van der Waals surface area (Å²) >= 11 is 0. The Morgan fingerprint density at radius 2 is 1.95 bits per heavy atom. The van der Waals surface area contributed by atoms with Crippen molar-refractivity contribution in [3.8, 4) is 0 Å². The van der Waals surface area contributed by atoms with Gasteiger partial charge in [0.1, 0.15) is 0 Å². The number of carboxylic acids is 1. The largest absolute Gasteiger partial charge is 0.481 e. The summed E-state index contributed by atoms with van der Waals surface area (Å²) in [6.45, 7) is 7.79. The van der Waals surface area contributed by atoms with E-state index in [1.54, 1.807) is 13.8 Å². The monoisotopic (exact) mass is 292 g/mol. The summed E-state index contributed by atoms with van der Waals surface area (Å²) in [4.78, 5) is 22.6. The molecule has 2 amide bonds. The van der Waals surface area contributed by atoms with Crippen molar-refractivity contribution in [2.75, 3.05) is 5.32 Å². The van der Waals surface area contributed by atoms with Gasteiger partial charge in [-0.1, -0.05) is 26.0 Å². The highest BCUT2D eigenvalue weighted by atomic mass is 16.4. The van der Waals surface area contributed by atoms with Crippen LogP contribution < -0.4 is 10.6 Å². The van der Waals surface area contributed by atoms with Crippen LogP contribution in [0, 0.1) is 0 Å². The van der Waals surface area contributed by atoms with E-state index in [9.17, 15) is 9.59 Å². The van der Waals surface area contributed by atoms with Crippen molar-refractivity contribution in [2.45, 2.75) is 52.0 Å². The lowest BCUT2D eigenvalue weighted by molar-refractivity contribution is -0.137. The Labute approximate surface area is 125 Å². The van der Waals surface area contributed by atoms with E-state index in [-0.39, 0.29) is 12.5 Å². The van der Waals surface area contributed by atoms with Gasteiger partial charge < -0.3 is 15.7 Å². The quantitative estimate of drug-likeness (QED) is 0.750. The summed E-state index contributed by atoms with van der Waals surface area (Å²) in [6, 6.07) is 7.36. The molecule has 0 atom stereocenters. The summed E-state index contributed by atoms with van der Waals surface area (Å²) in [5.74, 6) is -0.475. The van der Waals surface area contributed by atoms with Gasteiger partial charge in [0.25, 0.3) is 0 Å². The second-order valence-corrected chi connectivity index (χ2v) is 6.14. The number of rotatable bonds is 6. The maximum atomic E-state index is 12.0. The molecule has 0 saturated carbocycles. The van der Waals surface area contributed by atoms with Crippen LogP contribution in [0.3, 0.4) is 0 Å². The third kappa shape index (κ3) is 6.29. The van der Waals surface area contributed by atoms with Crippen LogP contribution in [0.4, 0.5) is 10.5 Å². The van der Waals surface area contributed by atoms with Gasteiger partial charge >= 0.3 is 12.0 Å². The highest BCUT2D eigenvalue weighted by Crippen LogP contribution is 2.19. The molecule has 0 saturated heterocycles. The zero-order chi connectivity index (χ0) is 16.0. The number of amides is 2. The molecule has 0 bridgehead atoms. The fourth-order valence-corrected chi connectivity index (χ4v) is 1.93. The minimum absolute atomic E-state index is 0.0239. The molecule has 5 nitrogen and oxygen atoms in total. The fraction of sp³-hybridized carbons (Fsp3) is 0.500. The van der Waals surface area contributed by atoms with Gasteiger partial charge in [0, 0.05) is 17.6 Å². The van der Waals surface area contributed by atoms with Gasteiger partial charge in [-0.15, -0.1) is 0 Å². The summed E-state index contributed by atoms with van der Waals surface area (Å²) in [5, 5.41) is 14.3. The zero-order valence-electron chi connectivity index (χ0n) is 13.1. The number of carbonyl (C=O) groups is 2. The Morgan fingerprint density at radius 3 is 2.52 bits per heavy atom. The Morgan fingerprint density at radius 1 is 1.29 bits per heavy atom. The molecular weight excluding hydrogens is 268 g/mol. The lowest BCUT2D eigenvalue weighted by atomic mass is 9.99. The molecule has 0 heterocycles. The Bertz CT molecular complexity index is 510. The van der Waals surface area contributed by atoms with E-state index < -0.39 is 11.5 Å². The molecule has 0 radical (unpaired) electrons. The number of anilines is 1. The molecule has 0 aliphatic rings. The van der Waals surface area contributed by atoms with Crippen molar-refractivity contribution in [3.63, 3.8) is 0 Å². The van der Waals surface area contributed by atoms with Crippen molar-refractivity contribution in [1.29, 1.82) is 0 Å². The number of nitrogens with one attached hydrogen (secondary N) is 2. The number of urea groups is 1. The predicted molar refractivity (Wildman–Crippen MR) is 83.6 cm³/mol. The van der Waals surface area contributed by atoms with Gasteiger partial charge in [-0.2, -0.15) is 0 Å².